The third kappa shape index (κ3) is 3.95. The Balaban J connectivity index is 2.13. The maximum absolute atomic E-state index is 12.1. The van der Waals surface area contributed by atoms with Crippen LogP contribution in [0.4, 0.5) is 11.5 Å². The second-order valence-corrected chi connectivity index (χ2v) is 5.11. The Bertz CT molecular complexity index is 654. The topological polar surface area (TPSA) is 65.5 Å². The van der Waals surface area contributed by atoms with Crippen LogP contribution in [-0.4, -0.2) is 30.1 Å². The smallest absolute Gasteiger partial charge is 0.228 e. The highest BCUT2D eigenvalue weighted by molar-refractivity contribution is 5.94. The highest BCUT2D eigenvalue weighted by Crippen LogP contribution is 2.22. The van der Waals surface area contributed by atoms with E-state index in [2.05, 4.69) is 10.3 Å². The molecule has 0 radical (unpaired) electrons. The van der Waals surface area contributed by atoms with E-state index in [1.807, 2.05) is 38.1 Å². The summed E-state index contributed by atoms with van der Waals surface area (Å²) in [6, 6.07) is 10.4. The van der Waals surface area contributed by atoms with Crippen molar-refractivity contribution in [2.24, 2.45) is 0 Å². The van der Waals surface area contributed by atoms with Crippen LogP contribution < -0.4 is 10.2 Å². The fourth-order valence-corrected chi connectivity index (χ4v) is 2.03. The molecule has 0 spiro atoms. The molecule has 5 nitrogen and oxygen atoms in total. The lowest BCUT2D eigenvalue weighted by Crippen LogP contribution is -2.19. The number of aryl methyl sites for hydroxylation is 1. The first-order chi connectivity index (χ1) is 9.95. The van der Waals surface area contributed by atoms with Gasteiger partial charge in [-0.3, -0.25) is 4.79 Å². The van der Waals surface area contributed by atoms with Gasteiger partial charge < -0.3 is 15.3 Å². The van der Waals surface area contributed by atoms with Crippen LogP contribution in [0.15, 0.2) is 36.4 Å². The van der Waals surface area contributed by atoms with Crippen molar-refractivity contribution in [2.45, 2.75) is 13.3 Å². The zero-order valence-electron chi connectivity index (χ0n) is 12.4. The average molecular weight is 285 g/mol. The van der Waals surface area contributed by atoms with Crippen molar-refractivity contribution in [1.29, 1.82) is 0 Å². The molecule has 2 N–H and O–H groups in total. The van der Waals surface area contributed by atoms with E-state index >= 15 is 0 Å². The minimum Gasteiger partial charge on any atom is -0.508 e. The molecule has 0 aliphatic rings. The van der Waals surface area contributed by atoms with Gasteiger partial charge in [0.1, 0.15) is 5.75 Å². The van der Waals surface area contributed by atoms with E-state index in [1.165, 1.54) is 0 Å². The van der Waals surface area contributed by atoms with Crippen molar-refractivity contribution in [3.8, 4) is 5.75 Å². The Hall–Kier alpha value is -2.56. The number of carbonyl (C=O) groups excluding carboxylic acids is 1. The number of amides is 1. The van der Waals surface area contributed by atoms with E-state index in [0.29, 0.717) is 5.69 Å². The monoisotopic (exact) mass is 285 g/mol. The number of nitrogens with zero attached hydrogens (tertiary/aromatic N) is 2. The summed E-state index contributed by atoms with van der Waals surface area (Å²) in [5.74, 6) is 0.736. The predicted molar refractivity (Wildman–Crippen MR) is 83.7 cm³/mol. The van der Waals surface area contributed by atoms with Gasteiger partial charge in [0.25, 0.3) is 0 Å². The van der Waals surface area contributed by atoms with Gasteiger partial charge in [-0.15, -0.1) is 0 Å². The maximum Gasteiger partial charge on any atom is 0.228 e. The first-order valence-corrected chi connectivity index (χ1v) is 6.68. The van der Waals surface area contributed by atoms with Gasteiger partial charge in [-0.25, -0.2) is 4.98 Å². The molecule has 0 bridgehead atoms. The van der Waals surface area contributed by atoms with Crippen LogP contribution in [0, 0.1) is 6.92 Å². The SMILES string of the molecule is Cc1ccc(NC(=O)Cc2cccc(O)c2)c(N(C)C)n1. The second-order valence-electron chi connectivity index (χ2n) is 5.11. The van der Waals surface area contributed by atoms with Crippen molar-refractivity contribution in [2.75, 3.05) is 24.3 Å². The fourth-order valence-electron chi connectivity index (χ4n) is 2.03. The lowest BCUT2D eigenvalue weighted by atomic mass is 10.1. The minimum atomic E-state index is -0.144. The largest absolute Gasteiger partial charge is 0.508 e. The van der Waals surface area contributed by atoms with Gasteiger partial charge in [-0.05, 0) is 36.8 Å². The van der Waals surface area contributed by atoms with Gasteiger partial charge in [0.2, 0.25) is 5.91 Å². The van der Waals surface area contributed by atoms with Gasteiger partial charge >= 0.3 is 0 Å². The number of nitrogens with one attached hydrogen (secondary N) is 1. The van der Waals surface area contributed by atoms with Crippen LogP contribution in [0.1, 0.15) is 11.3 Å². The number of hydrogen-bond donors (Lipinski definition) is 2. The molecule has 2 rings (SSSR count). The number of aromatic nitrogens is 1. The zero-order chi connectivity index (χ0) is 15.4. The summed E-state index contributed by atoms with van der Waals surface area (Å²) in [4.78, 5) is 18.4. The number of rotatable bonds is 4. The molecule has 1 aromatic carbocycles. The highest BCUT2D eigenvalue weighted by atomic mass is 16.3. The van der Waals surface area contributed by atoms with Crippen molar-refractivity contribution in [3.63, 3.8) is 0 Å². The maximum atomic E-state index is 12.1. The number of benzene rings is 1. The van der Waals surface area contributed by atoms with E-state index < -0.39 is 0 Å². The molecule has 2 aromatic rings. The van der Waals surface area contributed by atoms with Crippen molar-refractivity contribution < 1.29 is 9.90 Å². The zero-order valence-corrected chi connectivity index (χ0v) is 12.4. The molecule has 1 aromatic heterocycles. The third-order valence-electron chi connectivity index (χ3n) is 2.99. The number of carbonyl (C=O) groups is 1. The first-order valence-electron chi connectivity index (χ1n) is 6.68. The minimum absolute atomic E-state index is 0.144. The molecule has 5 heteroatoms. The first kappa shape index (κ1) is 14.8. The number of anilines is 2. The van der Waals surface area contributed by atoms with Gasteiger partial charge in [0, 0.05) is 19.8 Å². The molecular weight excluding hydrogens is 266 g/mol. The van der Waals surface area contributed by atoms with Crippen LogP contribution in [0.2, 0.25) is 0 Å². The Morgan fingerprint density at radius 1 is 1.29 bits per heavy atom. The molecular formula is C16H19N3O2. The van der Waals surface area contributed by atoms with Crippen LogP contribution in [-0.2, 0) is 11.2 Å². The molecule has 110 valence electrons. The Morgan fingerprint density at radius 3 is 2.71 bits per heavy atom. The predicted octanol–water partition coefficient (Wildman–Crippen LogP) is 2.34. The van der Waals surface area contributed by atoms with Crippen LogP contribution in [0.25, 0.3) is 0 Å². The fraction of sp³-hybridized carbons (Fsp3) is 0.250. The van der Waals surface area contributed by atoms with Gasteiger partial charge in [0.15, 0.2) is 5.82 Å². The molecule has 0 aliphatic carbocycles. The van der Waals surface area contributed by atoms with E-state index in [4.69, 9.17) is 0 Å². The molecule has 0 saturated carbocycles. The van der Waals surface area contributed by atoms with Crippen LogP contribution in [0.3, 0.4) is 0 Å². The van der Waals surface area contributed by atoms with Crippen LogP contribution >= 0.6 is 0 Å². The summed E-state index contributed by atoms with van der Waals surface area (Å²) in [5, 5.41) is 12.3. The Kier molecular flexibility index (Phi) is 4.42. The van der Waals surface area contributed by atoms with Crippen molar-refractivity contribution in [1.82, 2.24) is 4.98 Å². The molecule has 0 saturated heterocycles. The summed E-state index contributed by atoms with van der Waals surface area (Å²) in [5.41, 5.74) is 2.33. The van der Waals surface area contributed by atoms with Gasteiger partial charge in [-0.1, -0.05) is 12.1 Å². The number of aromatic hydroxyl groups is 1. The standard InChI is InChI=1S/C16H19N3O2/c1-11-7-8-14(16(17-11)19(2)3)18-15(21)10-12-5-4-6-13(20)9-12/h4-9,20H,10H2,1-3H3,(H,18,21). The number of pyridine rings is 1. The molecule has 0 unspecified atom stereocenters. The van der Waals surface area contributed by atoms with Crippen molar-refractivity contribution >= 4 is 17.4 Å². The normalized spacial score (nSPS) is 10.2. The van der Waals surface area contributed by atoms with Crippen molar-refractivity contribution in [3.05, 3.63) is 47.7 Å². The van der Waals surface area contributed by atoms with Crippen LogP contribution in [0.5, 0.6) is 5.75 Å². The van der Waals surface area contributed by atoms with Gasteiger partial charge in [-0.2, -0.15) is 0 Å². The van der Waals surface area contributed by atoms with E-state index in [-0.39, 0.29) is 18.1 Å². The molecule has 0 atom stereocenters. The number of phenols is 1. The molecule has 1 heterocycles. The van der Waals surface area contributed by atoms with E-state index in [0.717, 1.165) is 17.1 Å². The summed E-state index contributed by atoms with van der Waals surface area (Å²) >= 11 is 0. The molecule has 0 aliphatic heterocycles. The summed E-state index contributed by atoms with van der Waals surface area (Å²) in [7, 11) is 3.76. The Labute approximate surface area is 124 Å². The number of phenolic OH excluding ortho intramolecular Hbond substituents is 1. The lowest BCUT2D eigenvalue weighted by Gasteiger charge is -2.17. The third-order valence-corrected chi connectivity index (χ3v) is 2.99. The molecule has 21 heavy (non-hydrogen) atoms. The quantitative estimate of drug-likeness (QED) is 0.905. The summed E-state index contributed by atoms with van der Waals surface area (Å²) < 4.78 is 0. The highest BCUT2D eigenvalue weighted by Gasteiger charge is 2.11. The average Bonchev–Trinajstić information content (AvgIpc) is 2.40. The second kappa shape index (κ2) is 6.26. The number of hydrogen-bond acceptors (Lipinski definition) is 4. The summed E-state index contributed by atoms with van der Waals surface area (Å²) in [6.07, 6.45) is 0.204. The van der Waals surface area contributed by atoms with E-state index in [9.17, 15) is 9.90 Å². The lowest BCUT2D eigenvalue weighted by molar-refractivity contribution is -0.115. The summed E-state index contributed by atoms with van der Waals surface area (Å²) in [6.45, 7) is 1.91. The molecule has 1 amide bonds. The van der Waals surface area contributed by atoms with E-state index in [1.54, 1.807) is 24.3 Å². The Morgan fingerprint density at radius 2 is 2.05 bits per heavy atom. The van der Waals surface area contributed by atoms with Gasteiger partial charge in [0.05, 0.1) is 12.1 Å². The molecule has 0 fully saturated rings.